The van der Waals surface area contributed by atoms with E-state index in [-0.39, 0.29) is 33.1 Å². The van der Waals surface area contributed by atoms with E-state index in [1.807, 2.05) is 13.8 Å². The Hall–Kier alpha value is -1.76. The van der Waals surface area contributed by atoms with Crippen LogP contribution in [-0.2, 0) is 15.8 Å². The van der Waals surface area contributed by atoms with Gasteiger partial charge in [0, 0.05) is 22.2 Å². The van der Waals surface area contributed by atoms with Gasteiger partial charge in [-0.15, -0.1) is 0 Å². The summed E-state index contributed by atoms with van der Waals surface area (Å²) >= 11 is 12.1. The minimum atomic E-state index is -3.82. The molecule has 2 aromatic carbocycles. The topological polar surface area (TPSA) is 75.3 Å². The lowest BCUT2D eigenvalue weighted by Crippen LogP contribution is -2.28. The molecule has 0 aliphatic rings. The van der Waals surface area contributed by atoms with Crippen molar-refractivity contribution >= 4 is 44.8 Å². The van der Waals surface area contributed by atoms with Gasteiger partial charge in [0.05, 0.1) is 17.0 Å². The van der Waals surface area contributed by atoms with Gasteiger partial charge in [-0.3, -0.25) is 9.52 Å². The molecule has 0 unspecified atom stereocenters. The van der Waals surface area contributed by atoms with Gasteiger partial charge >= 0.3 is 0 Å². The molecule has 2 N–H and O–H groups in total. The van der Waals surface area contributed by atoms with Crippen LogP contribution in [0.3, 0.4) is 0 Å². The molecule has 0 spiro atoms. The number of benzene rings is 2. The summed E-state index contributed by atoms with van der Waals surface area (Å²) in [5.41, 5.74) is 0.768. The van der Waals surface area contributed by atoms with E-state index in [1.165, 1.54) is 6.07 Å². The first kappa shape index (κ1) is 20.6. The molecule has 140 valence electrons. The second-order valence-electron chi connectivity index (χ2n) is 6.21. The first-order chi connectivity index (χ1) is 12.2. The highest BCUT2D eigenvalue weighted by Crippen LogP contribution is 2.27. The van der Waals surface area contributed by atoms with E-state index in [9.17, 15) is 13.2 Å². The third kappa shape index (κ3) is 5.62. The molecular weight excluding hydrogens is 395 g/mol. The Bertz CT molecular complexity index is 879. The summed E-state index contributed by atoms with van der Waals surface area (Å²) in [5.74, 6) is -0.453. The van der Waals surface area contributed by atoms with Gasteiger partial charge in [-0.1, -0.05) is 55.2 Å². The second-order valence-corrected chi connectivity index (χ2v) is 8.75. The summed E-state index contributed by atoms with van der Waals surface area (Å²) in [6.07, 6.45) is 0. The molecule has 0 aliphatic heterocycles. The molecule has 0 radical (unpaired) electrons. The van der Waals surface area contributed by atoms with E-state index in [0.29, 0.717) is 12.1 Å². The molecule has 0 bridgehead atoms. The van der Waals surface area contributed by atoms with E-state index in [4.69, 9.17) is 23.2 Å². The molecule has 2 aromatic rings. The number of carbonyl (C=O) groups is 1. The summed E-state index contributed by atoms with van der Waals surface area (Å²) in [6.45, 7) is 4.44. The SMILES string of the molecule is CC(C)CNC(=O)c1ccccc1NS(=O)(=O)Cc1c(Cl)cccc1Cl. The molecule has 0 heterocycles. The molecule has 0 fully saturated rings. The first-order valence-corrected chi connectivity index (χ1v) is 10.4. The number of halogens is 2. The monoisotopic (exact) mass is 414 g/mol. The van der Waals surface area contributed by atoms with Gasteiger partial charge in [-0.25, -0.2) is 8.42 Å². The lowest BCUT2D eigenvalue weighted by atomic mass is 10.1. The van der Waals surface area contributed by atoms with Crippen LogP contribution in [0.15, 0.2) is 42.5 Å². The van der Waals surface area contributed by atoms with Crippen LogP contribution in [0.4, 0.5) is 5.69 Å². The maximum Gasteiger partial charge on any atom is 0.253 e. The van der Waals surface area contributed by atoms with E-state index >= 15 is 0 Å². The van der Waals surface area contributed by atoms with Crippen LogP contribution in [0.25, 0.3) is 0 Å². The molecule has 0 atom stereocenters. The number of hydrogen-bond acceptors (Lipinski definition) is 3. The summed E-state index contributed by atoms with van der Waals surface area (Å²) in [6, 6.07) is 11.2. The van der Waals surface area contributed by atoms with Crippen LogP contribution in [-0.4, -0.2) is 20.9 Å². The molecule has 0 saturated heterocycles. The Morgan fingerprint density at radius 3 is 2.27 bits per heavy atom. The zero-order valence-electron chi connectivity index (χ0n) is 14.4. The third-order valence-corrected chi connectivity index (χ3v) is 5.41. The summed E-state index contributed by atoms with van der Waals surface area (Å²) in [5, 5.41) is 3.32. The van der Waals surface area contributed by atoms with Crippen LogP contribution >= 0.6 is 23.2 Å². The van der Waals surface area contributed by atoms with Crippen molar-refractivity contribution in [3.05, 3.63) is 63.6 Å². The van der Waals surface area contributed by atoms with Crippen LogP contribution in [0.2, 0.25) is 10.0 Å². The molecule has 26 heavy (non-hydrogen) atoms. The van der Waals surface area contributed by atoms with E-state index in [2.05, 4.69) is 10.0 Å². The predicted molar refractivity (Wildman–Crippen MR) is 106 cm³/mol. The number of carbonyl (C=O) groups excluding carboxylic acids is 1. The van der Waals surface area contributed by atoms with Crippen LogP contribution < -0.4 is 10.0 Å². The lowest BCUT2D eigenvalue weighted by molar-refractivity contribution is 0.0950. The van der Waals surface area contributed by atoms with Crippen LogP contribution in [0, 0.1) is 5.92 Å². The minimum Gasteiger partial charge on any atom is -0.352 e. The van der Waals surface area contributed by atoms with E-state index in [0.717, 1.165) is 0 Å². The first-order valence-electron chi connectivity index (χ1n) is 8.00. The highest BCUT2D eigenvalue weighted by atomic mass is 35.5. The van der Waals surface area contributed by atoms with Crippen molar-refractivity contribution in [2.24, 2.45) is 5.92 Å². The Labute approximate surface area is 163 Å². The molecular formula is C18H20Cl2N2O3S. The quantitative estimate of drug-likeness (QED) is 0.707. The van der Waals surface area contributed by atoms with Crippen molar-refractivity contribution in [1.82, 2.24) is 5.32 Å². The Morgan fingerprint density at radius 2 is 1.65 bits per heavy atom. The summed E-state index contributed by atoms with van der Waals surface area (Å²) in [4.78, 5) is 12.3. The van der Waals surface area contributed by atoms with Gasteiger partial charge in [0.25, 0.3) is 5.91 Å². The van der Waals surface area contributed by atoms with Gasteiger partial charge in [-0.2, -0.15) is 0 Å². The van der Waals surface area contributed by atoms with Crippen molar-refractivity contribution in [1.29, 1.82) is 0 Å². The Kier molecular flexibility index (Phi) is 6.92. The van der Waals surface area contributed by atoms with Crippen molar-refractivity contribution < 1.29 is 13.2 Å². The Morgan fingerprint density at radius 1 is 1.04 bits per heavy atom. The molecule has 2 rings (SSSR count). The highest BCUT2D eigenvalue weighted by molar-refractivity contribution is 7.91. The van der Waals surface area contributed by atoms with Crippen molar-refractivity contribution in [3.8, 4) is 0 Å². The molecule has 0 aliphatic carbocycles. The number of nitrogens with one attached hydrogen (secondary N) is 2. The van der Waals surface area contributed by atoms with Crippen molar-refractivity contribution in [3.63, 3.8) is 0 Å². The number of amides is 1. The van der Waals surface area contributed by atoms with Crippen LogP contribution in [0.1, 0.15) is 29.8 Å². The maximum atomic E-state index is 12.6. The number of anilines is 1. The average molecular weight is 415 g/mol. The van der Waals surface area contributed by atoms with E-state index in [1.54, 1.807) is 36.4 Å². The largest absolute Gasteiger partial charge is 0.352 e. The summed E-state index contributed by atoms with van der Waals surface area (Å²) < 4.78 is 27.6. The zero-order chi connectivity index (χ0) is 19.3. The number of hydrogen-bond donors (Lipinski definition) is 2. The number of sulfonamides is 1. The second kappa shape index (κ2) is 8.75. The minimum absolute atomic E-state index is 0.205. The number of para-hydroxylation sites is 1. The Balaban J connectivity index is 2.23. The van der Waals surface area contributed by atoms with Crippen molar-refractivity contribution in [2.75, 3.05) is 11.3 Å². The molecule has 0 aromatic heterocycles. The van der Waals surface area contributed by atoms with Gasteiger partial charge < -0.3 is 5.32 Å². The van der Waals surface area contributed by atoms with Gasteiger partial charge in [0.15, 0.2) is 0 Å². The smallest absolute Gasteiger partial charge is 0.253 e. The fraction of sp³-hybridized carbons (Fsp3) is 0.278. The highest BCUT2D eigenvalue weighted by Gasteiger charge is 2.19. The van der Waals surface area contributed by atoms with E-state index < -0.39 is 15.8 Å². The number of rotatable bonds is 7. The third-order valence-electron chi connectivity index (χ3n) is 3.50. The standard InChI is InChI=1S/C18H20Cl2N2O3S/c1-12(2)10-21-18(23)13-6-3-4-9-17(13)22-26(24,25)11-14-15(19)7-5-8-16(14)20/h3-9,12,22H,10-11H2,1-2H3,(H,21,23). The predicted octanol–water partition coefficient (Wildman–Crippen LogP) is 4.32. The molecule has 0 saturated carbocycles. The molecule has 8 heteroatoms. The normalized spacial score (nSPS) is 11.4. The summed E-state index contributed by atoms with van der Waals surface area (Å²) in [7, 11) is -3.82. The molecule has 1 amide bonds. The van der Waals surface area contributed by atoms with Crippen LogP contribution in [0.5, 0.6) is 0 Å². The zero-order valence-corrected chi connectivity index (χ0v) is 16.8. The van der Waals surface area contributed by atoms with Crippen molar-refractivity contribution in [2.45, 2.75) is 19.6 Å². The van der Waals surface area contributed by atoms with Gasteiger partial charge in [0.1, 0.15) is 0 Å². The van der Waals surface area contributed by atoms with Gasteiger partial charge in [0.2, 0.25) is 10.0 Å². The van der Waals surface area contributed by atoms with Gasteiger partial charge in [-0.05, 0) is 30.2 Å². The fourth-order valence-electron chi connectivity index (χ4n) is 2.23. The fourth-order valence-corrected chi connectivity index (χ4v) is 4.19. The lowest BCUT2D eigenvalue weighted by Gasteiger charge is -2.14. The molecule has 5 nitrogen and oxygen atoms in total. The average Bonchev–Trinajstić information content (AvgIpc) is 2.56. The maximum absolute atomic E-state index is 12.6.